The Morgan fingerprint density at radius 3 is 3.05 bits per heavy atom. The normalized spacial score (nSPS) is 26.4. The van der Waals surface area contributed by atoms with Gasteiger partial charge in [-0.15, -0.1) is 0 Å². The third kappa shape index (κ3) is 1.81. The van der Waals surface area contributed by atoms with Gasteiger partial charge in [-0.2, -0.15) is 0 Å². The first kappa shape index (κ1) is 12.5. The molecule has 1 aliphatic heterocycles. The Morgan fingerprint density at radius 2 is 2.15 bits per heavy atom. The summed E-state index contributed by atoms with van der Waals surface area (Å²) in [6, 6.07) is 9.62. The van der Waals surface area contributed by atoms with Crippen molar-refractivity contribution in [3.8, 4) is 0 Å². The third-order valence-corrected chi connectivity index (χ3v) is 5.31. The molecule has 1 aliphatic carbocycles. The van der Waals surface area contributed by atoms with Crippen molar-refractivity contribution >= 4 is 10.9 Å². The fourth-order valence-corrected chi connectivity index (χ4v) is 4.51. The Morgan fingerprint density at radius 1 is 1.25 bits per heavy atom. The second-order valence-electron chi connectivity index (χ2n) is 6.45. The minimum atomic E-state index is 0.742. The summed E-state index contributed by atoms with van der Waals surface area (Å²) in [4.78, 5) is 6.50. The predicted octanol–water partition coefficient (Wildman–Crippen LogP) is 4.07. The van der Waals surface area contributed by atoms with Gasteiger partial charge in [-0.25, -0.2) is 0 Å². The molecular formula is C18H24N2. The number of aryl methyl sites for hydroxylation is 1. The summed E-state index contributed by atoms with van der Waals surface area (Å²) in [7, 11) is 0. The molecule has 1 saturated heterocycles. The second kappa shape index (κ2) is 4.92. The van der Waals surface area contributed by atoms with Crippen molar-refractivity contribution in [3.63, 3.8) is 0 Å². The molecule has 2 atom stereocenters. The van der Waals surface area contributed by atoms with Crippen LogP contribution in [0.1, 0.15) is 49.8 Å². The van der Waals surface area contributed by atoms with Crippen molar-refractivity contribution in [3.05, 3.63) is 35.5 Å². The second-order valence-corrected chi connectivity index (χ2v) is 6.45. The average molecular weight is 268 g/mol. The Kier molecular flexibility index (Phi) is 3.07. The summed E-state index contributed by atoms with van der Waals surface area (Å²) in [5.74, 6) is 0.742. The van der Waals surface area contributed by atoms with Gasteiger partial charge < -0.3 is 4.98 Å². The first-order chi connectivity index (χ1) is 9.88. The van der Waals surface area contributed by atoms with Gasteiger partial charge in [-0.1, -0.05) is 25.1 Å². The van der Waals surface area contributed by atoms with E-state index in [9.17, 15) is 0 Å². The molecule has 1 N–H and O–H groups in total. The summed E-state index contributed by atoms with van der Waals surface area (Å²) >= 11 is 0. The minimum Gasteiger partial charge on any atom is -0.358 e. The number of likely N-dealkylation sites (tertiary alicyclic amines) is 1. The Labute approximate surface area is 121 Å². The van der Waals surface area contributed by atoms with E-state index < -0.39 is 0 Å². The van der Waals surface area contributed by atoms with Crippen molar-refractivity contribution < 1.29 is 0 Å². The highest BCUT2D eigenvalue weighted by Crippen LogP contribution is 2.42. The number of para-hydroxylation sites is 1. The maximum absolute atomic E-state index is 3.75. The van der Waals surface area contributed by atoms with E-state index in [2.05, 4.69) is 41.1 Å². The van der Waals surface area contributed by atoms with Gasteiger partial charge in [0.05, 0.1) is 0 Å². The quantitative estimate of drug-likeness (QED) is 0.870. The van der Waals surface area contributed by atoms with Crippen LogP contribution in [0.5, 0.6) is 0 Å². The molecule has 106 valence electrons. The molecule has 4 rings (SSSR count). The smallest absolute Gasteiger partial charge is 0.0459 e. The topological polar surface area (TPSA) is 19.0 Å². The number of fused-ring (bicyclic) bond motifs is 5. The number of piperidine rings is 1. The molecule has 2 heterocycles. The Balaban J connectivity index is 1.76. The first-order valence-electron chi connectivity index (χ1n) is 8.22. The molecule has 20 heavy (non-hydrogen) atoms. The lowest BCUT2D eigenvalue weighted by molar-refractivity contribution is 0.111. The molecule has 0 radical (unpaired) electrons. The molecule has 2 heteroatoms. The number of hydrogen-bond acceptors (Lipinski definition) is 1. The molecule has 0 bridgehead atoms. The van der Waals surface area contributed by atoms with Gasteiger partial charge in [-0.05, 0) is 56.8 Å². The third-order valence-electron chi connectivity index (χ3n) is 5.31. The van der Waals surface area contributed by atoms with Crippen LogP contribution in [0.3, 0.4) is 0 Å². The van der Waals surface area contributed by atoms with Crippen LogP contribution in [0.4, 0.5) is 0 Å². The monoisotopic (exact) mass is 268 g/mol. The number of hydrogen-bond donors (Lipinski definition) is 1. The number of rotatable bonds is 2. The van der Waals surface area contributed by atoms with Crippen LogP contribution in [0, 0.1) is 0 Å². The highest BCUT2D eigenvalue weighted by Gasteiger charge is 2.37. The van der Waals surface area contributed by atoms with Crippen LogP contribution in [-0.2, 0) is 6.42 Å². The summed E-state index contributed by atoms with van der Waals surface area (Å²) < 4.78 is 0. The maximum Gasteiger partial charge on any atom is 0.0459 e. The minimum absolute atomic E-state index is 0.742. The number of aromatic amines is 1. The van der Waals surface area contributed by atoms with E-state index in [4.69, 9.17) is 0 Å². The highest BCUT2D eigenvalue weighted by atomic mass is 15.2. The molecular weight excluding hydrogens is 244 g/mol. The maximum atomic E-state index is 3.75. The summed E-state index contributed by atoms with van der Waals surface area (Å²) in [5, 5.41) is 1.47. The molecule has 1 aromatic carbocycles. The Bertz CT molecular complexity index is 611. The van der Waals surface area contributed by atoms with Crippen molar-refractivity contribution in [1.29, 1.82) is 0 Å². The standard InChI is InChI=1S/C18H24N2/c1-2-11-20-12-5-7-15-17(20)10-9-14-13-6-3-4-8-16(13)19-18(14)15/h3-4,6,8,15,17,19H,2,5,7,9-12H2,1H3. The van der Waals surface area contributed by atoms with Crippen LogP contribution in [0.2, 0.25) is 0 Å². The average Bonchev–Trinajstić information content (AvgIpc) is 2.87. The van der Waals surface area contributed by atoms with E-state index in [1.807, 2.05) is 0 Å². The van der Waals surface area contributed by atoms with E-state index in [0.29, 0.717) is 0 Å². The fraction of sp³-hybridized carbons (Fsp3) is 0.556. The van der Waals surface area contributed by atoms with Crippen LogP contribution >= 0.6 is 0 Å². The van der Waals surface area contributed by atoms with Crippen molar-refractivity contribution in [2.24, 2.45) is 0 Å². The van der Waals surface area contributed by atoms with Crippen molar-refractivity contribution in [2.75, 3.05) is 13.1 Å². The van der Waals surface area contributed by atoms with E-state index >= 15 is 0 Å². The van der Waals surface area contributed by atoms with E-state index in [0.717, 1.165) is 12.0 Å². The van der Waals surface area contributed by atoms with Gasteiger partial charge in [0.2, 0.25) is 0 Å². The van der Waals surface area contributed by atoms with Gasteiger partial charge in [-0.3, -0.25) is 4.90 Å². The van der Waals surface area contributed by atoms with E-state index in [1.165, 1.54) is 56.1 Å². The summed E-state index contributed by atoms with van der Waals surface area (Å²) in [5.41, 5.74) is 4.51. The van der Waals surface area contributed by atoms with Gasteiger partial charge in [0, 0.05) is 28.6 Å². The van der Waals surface area contributed by atoms with Crippen molar-refractivity contribution in [1.82, 2.24) is 9.88 Å². The van der Waals surface area contributed by atoms with Crippen LogP contribution in [0.15, 0.2) is 24.3 Å². The fourth-order valence-electron chi connectivity index (χ4n) is 4.51. The summed E-state index contributed by atoms with van der Waals surface area (Å²) in [6.45, 7) is 4.89. The van der Waals surface area contributed by atoms with Gasteiger partial charge in [0.15, 0.2) is 0 Å². The number of nitrogens with zero attached hydrogens (tertiary/aromatic N) is 1. The van der Waals surface area contributed by atoms with Crippen LogP contribution < -0.4 is 0 Å². The molecule has 2 unspecified atom stereocenters. The van der Waals surface area contributed by atoms with Crippen LogP contribution in [0.25, 0.3) is 10.9 Å². The van der Waals surface area contributed by atoms with Crippen LogP contribution in [-0.4, -0.2) is 29.0 Å². The number of aromatic nitrogens is 1. The zero-order chi connectivity index (χ0) is 13.5. The molecule has 2 aliphatic rings. The molecule has 0 amide bonds. The van der Waals surface area contributed by atoms with E-state index in [1.54, 1.807) is 11.3 Å². The lowest BCUT2D eigenvalue weighted by atomic mass is 9.77. The SMILES string of the molecule is CCCN1CCCC2c3[nH]c4ccccc4c3CCC21. The molecule has 2 aromatic rings. The van der Waals surface area contributed by atoms with E-state index in [-0.39, 0.29) is 0 Å². The molecule has 0 spiro atoms. The van der Waals surface area contributed by atoms with Gasteiger partial charge >= 0.3 is 0 Å². The molecule has 2 nitrogen and oxygen atoms in total. The van der Waals surface area contributed by atoms with Crippen molar-refractivity contribution in [2.45, 2.75) is 51.0 Å². The molecule has 0 saturated carbocycles. The highest BCUT2D eigenvalue weighted by molar-refractivity contribution is 5.85. The van der Waals surface area contributed by atoms with Gasteiger partial charge in [0.1, 0.15) is 0 Å². The summed E-state index contributed by atoms with van der Waals surface area (Å²) in [6.07, 6.45) is 6.60. The lowest BCUT2D eigenvalue weighted by Gasteiger charge is -2.44. The number of benzene rings is 1. The zero-order valence-electron chi connectivity index (χ0n) is 12.4. The number of nitrogens with one attached hydrogen (secondary N) is 1. The Hall–Kier alpha value is -1.28. The first-order valence-corrected chi connectivity index (χ1v) is 8.22. The lowest BCUT2D eigenvalue weighted by Crippen LogP contribution is -2.46. The predicted molar refractivity (Wildman–Crippen MR) is 84.2 cm³/mol. The number of H-pyrrole nitrogens is 1. The molecule has 1 aromatic heterocycles. The zero-order valence-corrected chi connectivity index (χ0v) is 12.4. The molecule has 1 fully saturated rings. The largest absolute Gasteiger partial charge is 0.358 e. The van der Waals surface area contributed by atoms with Gasteiger partial charge in [0.25, 0.3) is 0 Å².